The van der Waals surface area contributed by atoms with Crippen LogP contribution >= 0.6 is 15.9 Å². The van der Waals surface area contributed by atoms with Gasteiger partial charge < -0.3 is 10.6 Å². The van der Waals surface area contributed by atoms with E-state index in [1.807, 2.05) is 6.92 Å². The summed E-state index contributed by atoms with van der Waals surface area (Å²) in [5.41, 5.74) is 1.53. The largest absolute Gasteiger partial charge is 0.376 e. The minimum Gasteiger partial charge on any atom is -0.376 e. The summed E-state index contributed by atoms with van der Waals surface area (Å²) in [6, 6.07) is 3.07. The van der Waals surface area contributed by atoms with Gasteiger partial charge in [-0.3, -0.25) is 4.79 Å². The summed E-state index contributed by atoms with van der Waals surface area (Å²) >= 11 is 3.12. The molecule has 0 heterocycles. The highest BCUT2D eigenvalue weighted by Gasteiger charge is 2.06. The molecule has 0 aromatic heterocycles. The van der Waals surface area contributed by atoms with Gasteiger partial charge in [-0.1, -0.05) is 13.3 Å². The van der Waals surface area contributed by atoms with Crippen LogP contribution in [0.1, 0.15) is 25.3 Å². The van der Waals surface area contributed by atoms with Crippen LogP contribution < -0.4 is 10.6 Å². The van der Waals surface area contributed by atoms with E-state index in [1.165, 1.54) is 6.07 Å². The highest BCUT2D eigenvalue weighted by molar-refractivity contribution is 9.10. The Labute approximate surface area is 115 Å². The molecule has 3 nitrogen and oxygen atoms in total. The number of rotatable bonds is 6. The van der Waals surface area contributed by atoms with Crippen LogP contribution in [0, 0.1) is 12.7 Å². The topological polar surface area (TPSA) is 41.1 Å². The number of amides is 1. The third-order valence-corrected chi connectivity index (χ3v) is 3.17. The molecule has 18 heavy (non-hydrogen) atoms. The van der Waals surface area contributed by atoms with Gasteiger partial charge in [0.15, 0.2) is 0 Å². The number of unbranched alkanes of at least 4 members (excludes halogenated alkanes) is 1. The maximum Gasteiger partial charge on any atom is 0.239 e. The molecule has 1 rings (SSSR count). The van der Waals surface area contributed by atoms with E-state index in [2.05, 4.69) is 33.5 Å². The second-order valence-corrected chi connectivity index (χ2v) is 4.99. The van der Waals surface area contributed by atoms with Crippen molar-refractivity contribution in [2.75, 3.05) is 18.4 Å². The second-order valence-electron chi connectivity index (χ2n) is 4.14. The summed E-state index contributed by atoms with van der Waals surface area (Å²) in [4.78, 5) is 11.5. The first-order valence-electron chi connectivity index (χ1n) is 6.00. The number of carbonyl (C=O) groups is 1. The van der Waals surface area contributed by atoms with E-state index in [0.29, 0.717) is 16.7 Å². The maximum atomic E-state index is 13.3. The van der Waals surface area contributed by atoms with E-state index in [9.17, 15) is 9.18 Å². The maximum absolute atomic E-state index is 13.3. The number of halogens is 2. The molecular weight excluding hydrogens is 299 g/mol. The fourth-order valence-corrected chi connectivity index (χ4v) is 1.94. The van der Waals surface area contributed by atoms with Crippen molar-refractivity contribution >= 4 is 27.5 Å². The van der Waals surface area contributed by atoms with E-state index >= 15 is 0 Å². The van der Waals surface area contributed by atoms with Crippen LogP contribution in [0.2, 0.25) is 0 Å². The third kappa shape index (κ3) is 4.64. The van der Waals surface area contributed by atoms with Crippen molar-refractivity contribution in [2.24, 2.45) is 0 Å². The van der Waals surface area contributed by atoms with Gasteiger partial charge in [0, 0.05) is 12.2 Å². The molecule has 0 fully saturated rings. The second kappa shape index (κ2) is 7.36. The zero-order valence-corrected chi connectivity index (χ0v) is 12.2. The Kier molecular flexibility index (Phi) is 6.12. The molecule has 2 N–H and O–H groups in total. The fraction of sp³-hybridized carbons (Fsp3) is 0.462. The molecule has 1 aromatic carbocycles. The Bertz CT molecular complexity index is 424. The molecule has 0 radical (unpaired) electrons. The van der Waals surface area contributed by atoms with Crippen molar-refractivity contribution in [2.45, 2.75) is 26.7 Å². The Morgan fingerprint density at radius 2 is 2.17 bits per heavy atom. The highest BCUT2D eigenvalue weighted by atomic mass is 79.9. The SMILES string of the molecule is CCCCNC(=O)CNc1cc(F)c(Br)cc1C. The van der Waals surface area contributed by atoms with Crippen molar-refractivity contribution in [3.63, 3.8) is 0 Å². The minimum absolute atomic E-state index is 0.0776. The lowest BCUT2D eigenvalue weighted by atomic mass is 10.2. The first-order valence-corrected chi connectivity index (χ1v) is 6.80. The number of nitrogens with one attached hydrogen (secondary N) is 2. The van der Waals surface area contributed by atoms with Gasteiger partial charge in [0.05, 0.1) is 11.0 Å². The molecule has 100 valence electrons. The van der Waals surface area contributed by atoms with Gasteiger partial charge in [0.25, 0.3) is 0 Å². The van der Waals surface area contributed by atoms with Crippen LogP contribution in [-0.2, 0) is 4.79 Å². The lowest BCUT2D eigenvalue weighted by Crippen LogP contribution is -2.30. The van der Waals surface area contributed by atoms with Crippen molar-refractivity contribution in [1.82, 2.24) is 5.32 Å². The average molecular weight is 317 g/mol. The van der Waals surface area contributed by atoms with Crippen LogP contribution in [0.25, 0.3) is 0 Å². The van der Waals surface area contributed by atoms with Gasteiger partial charge in [-0.05, 0) is 47.0 Å². The summed E-state index contributed by atoms with van der Waals surface area (Å²) in [6.45, 7) is 4.77. The van der Waals surface area contributed by atoms with Crippen LogP contribution in [0.15, 0.2) is 16.6 Å². The number of carbonyl (C=O) groups excluding carboxylic acids is 1. The predicted molar refractivity (Wildman–Crippen MR) is 75.2 cm³/mol. The molecule has 0 aliphatic carbocycles. The number of hydrogen-bond donors (Lipinski definition) is 2. The Morgan fingerprint density at radius 1 is 1.44 bits per heavy atom. The quantitative estimate of drug-likeness (QED) is 0.791. The van der Waals surface area contributed by atoms with Gasteiger partial charge >= 0.3 is 0 Å². The summed E-state index contributed by atoms with van der Waals surface area (Å²) in [5.74, 6) is -0.416. The zero-order chi connectivity index (χ0) is 13.5. The standard InChI is InChI=1S/C13H18BrFN2O/c1-3-4-5-16-13(18)8-17-12-7-11(15)10(14)6-9(12)2/h6-7,17H,3-5,8H2,1-2H3,(H,16,18). The summed E-state index contributed by atoms with van der Waals surface area (Å²) in [7, 11) is 0. The number of benzene rings is 1. The molecule has 1 aromatic rings. The first-order chi connectivity index (χ1) is 8.54. The van der Waals surface area contributed by atoms with Crippen LogP contribution in [-0.4, -0.2) is 19.0 Å². The Balaban J connectivity index is 2.48. The highest BCUT2D eigenvalue weighted by Crippen LogP contribution is 2.23. The molecule has 0 aliphatic heterocycles. The lowest BCUT2D eigenvalue weighted by Gasteiger charge is -2.10. The number of hydrogen-bond acceptors (Lipinski definition) is 2. The van der Waals surface area contributed by atoms with Gasteiger partial charge in [0.2, 0.25) is 5.91 Å². The van der Waals surface area contributed by atoms with Crippen molar-refractivity contribution < 1.29 is 9.18 Å². The van der Waals surface area contributed by atoms with Gasteiger partial charge in [-0.25, -0.2) is 4.39 Å². The smallest absolute Gasteiger partial charge is 0.239 e. The first kappa shape index (κ1) is 15.0. The Hall–Kier alpha value is -1.10. The molecular formula is C13H18BrFN2O. The summed E-state index contributed by atoms with van der Waals surface area (Å²) in [6.07, 6.45) is 2.02. The Morgan fingerprint density at radius 3 is 2.83 bits per heavy atom. The molecule has 0 spiro atoms. The molecule has 0 unspecified atom stereocenters. The van der Waals surface area contributed by atoms with Gasteiger partial charge in [-0.15, -0.1) is 0 Å². The molecule has 5 heteroatoms. The van der Waals surface area contributed by atoms with E-state index in [1.54, 1.807) is 6.07 Å². The average Bonchev–Trinajstić information content (AvgIpc) is 2.32. The number of anilines is 1. The minimum atomic E-state index is -0.338. The summed E-state index contributed by atoms with van der Waals surface area (Å²) in [5, 5.41) is 5.73. The van der Waals surface area contributed by atoms with Gasteiger partial charge in [-0.2, -0.15) is 0 Å². The van der Waals surface area contributed by atoms with Crippen molar-refractivity contribution in [3.05, 3.63) is 28.0 Å². The normalized spacial score (nSPS) is 10.2. The molecule has 1 amide bonds. The van der Waals surface area contributed by atoms with Crippen LogP contribution in [0.5, 0.6) is 0 Å². The molecule has 0 atom stereocenters. The van der Waals surface area contributed by atoms with E-state index in [4.69, 9.17) is 0 Å². The number of aryl methyl sites for hydroxylation is 1. The third-order valence-electron chi connectivity index (χ3n) is 2.56. The zero-order valence-electron chi connectivity index (χ0n) is 10.6. The fourth-order valence-electron chi connectivity index (χ4n) is 1.48. The molecule has 0 bridgehead atoms. The van der Waals surface area contributed by atoms with Crippen molar-refractivity contribution in [1.29, 1.82) is 0 Å². The van der Waals surface area contributed by atoms with Crippen LogP contribution in [0.4, 0.5) is 10.1 Å². The van der Waals surface area contributed by atoms with E-state index < -0.39 is 0 Å². The van der Waals surface area contributed by atoms with Crippen molar-refractivity contribution in [3.8, 4) is 0 Å². The summed E-state index contributed by atoms with van der Waals surface area (Å²) < 4.78 is 13.8. The van der Waals surface area contributed by atoms with E-state index in [-0.39, 0.29) is 18.3 Å². The predicted octanol–water partition coefficient (Wildman–Crippen LogP) is 3.22. The molecule has 0 aliphatic rings. The molecule has 0 saturated heterocycles. The van der Waals surface area contributed by atoms with E-state index in [0.717, 1.165) is 18.4 Å². The monoisotopic (exact) mass is 316 g/mol. The lowest BCUT2D eigenvalue weighted by molar-refractivity contribution is -0.119. The van der Waals surface area contributed by atoms with Crippen LogP contribution in [0.3, 0.4) is 0 Å². The molecule has 0 saturated carbocycles. The van der Waals surface area contributed by atoms with Gasteiger partial charge in [0.1, 0.15) is 5.82 Å².